The van der Waals surface area contributed by atoms with E-state index in [0.717, 1.165) is 29.8 Å². The predicted octanol–water partition coefficient (Wildman–Crippen LogP) is 2.35. The van der Waals surface area contributed by atoms with E-state index < -0.39 is 0 Å². The number of carbonyl (C=O) groups is 2. The van der Waals surface area contributed by atoms with Crippen LogP contribution in [-0.2, 0) is 9.59 Å². The van der Waals surface area contributed by atoms with Crippen LogP contribution in [0.15, 0.2) is 12.1 Å². The molecule has 1 aromatic rings. The Morgan fingerprint density at radius 2 is 1.61 bits per heavy atom. The predicted molar refractivity (Wildman–Crippen MR) is 94.7 cm³/mol. The van der Waals surface area contributed by atoms with Crippen molar-refractivity contribution in [2.45, 2.75) is 34.1 Å². The number of carbonyl (C=O) groups excluding carboxylic acids is 2. The first kappa shape index (κ1) is 19.2. The lowest BCUT2D eigenvalue weighted by atomic mass is 10.1. The minimum atomic E-state index is -0.153. The molecule has 0 saturated carbocycles. The second kappa shape index (κ2) is 8.67. The third-order valence-corrected chi connectivity index (χ3v) is 3.75. The summed E-state index contributed by atoms with van der Waals surface area (Å²) in [4.78, 5) is 27.7. The quantitative estimate of drug-likeness (QED) is 0.839. The van der Waals surface area contributed by atoms with E-state index in [2.05, 4.69) is 10.2 Å². The molecule has 0 bridgehead atoms. The van der Waals surface area contributed by atoms with E-state index in [0.29, 0.717) is 6.54 Å². The van der Waals surface area contributed by atoms with Crippen LogP contribution in [0.3, 0.4) is 0 Å². The Bertz CT molecular complexity index is 544. The highest BCUT2D eigenvalue weighted by Gasteiger charge is 2.15. The van der Waals surface area contributed by atoms with E-state index in [1.807, 2.05) is 47.0 Å². The molecule has 0 aliphatic carbocycles. The first-order chi connectivity index (χ1) is 10.7. The van der Waals surface area contributed by atoms with Gasteiger partial charge in [-0.05, 0) is 59.0 Å². The van der Waals surface area contributed by atoms with Crippen molar-refractivity contribution in [3.8, 4) is 0 Å². The summed E-state index contributed by atoms with van der Waals surface area (Å²) in [5.41, 5.74) is 4.10. The number of nitrogens with zero attached hydrogens (tertiary/aromatic N) is 2. The molecule has 1 rings (SSSR count). The number of rotatable bonds is 7. The van der Waals surface area contributed by atoms with Crippen molar-refractivity contribution < 1.29 is 9.59 Å². The zero-order chi connectivity index (χ0) is 17.6. The standard InChI is InChI=1S/C18H29N3O2/c1-13-10-14(2)18(15(3)11-13)19-17(23)12-21(16(4)22)9-7-8-20(5)6/h10-11H,7-9,12H2,1-6H3,(H,19,23). The van der Waals surface area contributed by atoms with Crippen LogP contribution in [-0.4, -0.2) is 55.3 Å². The number of hydrogen-bond donors (Lipinski definition) is 1. The van der Waals surface area contributed by atoms with Gasteiger partial charge in [0.2, 0.25) is 11.8 Å². The molecule has 2 amide bonds. The van der Waals surface area contributed by atoms with Crippen molar-refractivity contribution >= 4 is 17.5 Å². The van der Waals surface area contributed by atoms with Gasteiger partial charge in [-0.2, -0.15) is 0 Å². The monoisotopic (exact) mass is 319 g/mol. The highest BCUT2D eigenvalue weighted by atomic mass is 16.2. The van der Waals surface area contributed by atoms with Crippen molar-refractivity contribution in [3.05, 3.63) is 28.8 Å². The fourth-order valence-corrected chi connectivity index (χ4v) is 2.66. The number of benzene rings is 1. The Morgan fingerprint density at radius 3 is 2.09 bits per heavy atom. The van der Waals surface area contributed by atoms with Crippen LogP contribution in [0, 0.1) is 20.8 Å². The first-order valence-electron chi connectivity index (χ1n) is 7.98. The van der Waals surface area contributed by atoms with Gasteiger partial charge in [0.1, 0.15) is 0 Å². The minimum absolute atomic E-state index is 0.0729. The van der Waals surface area contributed by atoms with Gasteiger partial charge in [-0.3, -0.25) is 9.59 Å². The summed E-state index contributed by atoms with van der Waals surface area (Å²) in [5.74, 6) is -0.226. The average Bonchev–Trinajstić information content (AvgIpc) is 2.41. The van der Waals surface area contributed by atoms with Crippen LogP contribution in [0.25, 0.3) is 0 Å². The molecular weight excluding hydrogens is 290 g/mol. The van der Waals surface area contributed by atoms with E-state index in [1.54, 1.807) is 4.90 Å². The van der Waals surface area contributed by atoms with Gasteiger partial charge in [0, 0.05) is 19.2 Å². The summed E-state index contributed by atoms with van der Waals surface area (Å²) in [7, 11) is 3.99. The van der Waals surface area contributed by atoms with E-state index in [1.165, 1.54) is 12.5 Å². The van der Waals surface area contributed by atoms with Crippen LogP contribution < -0.4 is 5.32 Å². The maximum atomic E-state index is 12.3. The second-order valence-corrected chi connectivity index (χ2v) is 6.42. The van der Waals surface area contributed by atoms with Crippen LogP contribution in [0.4, 0.5) is 5.69 Å². The maximum absolute atomic E-state index is 12.3. The molecule has 0 heterocycles. The van der Waals surface area contributed by atoms with Crippen LogP contribution in [0.1, 0.15) is 30.0 Å². The SMILES string of the molecule is CC(=O)N(CCCN(C)C)CC(=O)Nc1c(C)cc(C)cc1C. The number of aryl methyl sites for hydroxylation is 3. The highest BCUT2D eigenvalue weighted by molar-refractivity contribution is 5.95. The molecule has 1 N–H and O–H groups in total. The van der Waals surface area contributed by atoms with Crippen molar-refractivity contribution in [3.63, 3.8) is 0 Å². The maximum Gasteiger partial charge on any atom is 0.244 e. The minimum Gasteiger partial charge on any atom is -0.334 e. The zero-order valence-corrected chi connectivity index (χ0v) is 15.2. The summed E-state index contributed by atoms with van der Waals surface area (Å²) in [6.45, 7) is 9.08. The van der Waals surface area contributed by atoms with E-state index >= 15 is 0 Å². The molecule has 0 atom stereocenters. The summed E-state index contributed by atoms with van der Waals surface area (Å²) in [5, 5.41) is 2.95. The molecular formula is C18H29N3O2. The number of amides is 2. The molecule has 5 nitrogen and oxygen atoms in total. The van der Waals surface area contributed by atoms with Crippen molar-refractivity contribution in [1.82, 2.24) is 9.80 Å². The smallest absolute Gasteiger partial charge is 0.244 e. The van der Waals surface area contributed by atoms with Gasteiger partial charge < -0.3 is 15.1 Å². The van der Waals surface area contributed by atoms with E-state index in [4.69, 9.17) is 0 Å². The first-order valence-corrected chi connectivity index (χ1v) is 7.98. The average molecular weight is 319 g/mol. The fourth-order valence-electron chi connectivity index (χ4n) is 2.66. The summed E-state index contributed by atoms with van der Waals surface area (Å²) >= 11 is 0. The topological polar surface area (TPSA) is 52.7 Å². The zero-order valence-electron chi connectivity index (χ0n) is 15.2. The van der Waals surface area contributed by atoms with E-state index in [-0.39, 0.29) is 18.4 Å². The molecule has 0 aliphatic rings. The van der Waals surface area contributed by atoms with Crippen LogP contribution in [0.2, 0.25) is 0 Å². The number of hydrogen-bond acceptors (Lipinski definition) is 3. The lowest BCUT2D eigenvalue weighted by molar-refractivity contribution is -0.132. The third kappa shape index (κ3) is 6.40. The van der Waals surface area contributed by atoms with E-state index in [9.17, 15) is 9.59 Å². The van der Waals surface area contributed by atoms with Gasteiger partial charge in [0.05, 0.1) is 6.54 Å². The molecule has 128 valence electrons. The molecule has 0 spiro atoms. The van der Waals surface area contributed by atoms with Crippen molar-refractivity contribution in [2.75, 3.05) is 39.0 Å². The Morgan fingerprint density at radius 1 is 1.04 bits per heavy atom. The Balaban J connectivity index is 2.68. The number of anilines is 1. The molecule has 0 fully saturated rings. The molecule has 0 saturated heterocycles. The Labute approximate surface area is 139 Å². The Kier molecular flexibility index (Phi) is 7.23. The lowest BCUT2D eigenvalue weighted by Crippen LogP contribution is -2.38. The molecule has 0 radical (unpaired) electrons. The van der Waals surface area contributed by atoms with Crippen LogP contribution >= 0.6 is 0 Å². The summed E-state index contributed by atoms with van der Waals surface area (Å²) < 4.78 is 0. The van der Waals surface area contributed by atoms with Crippen molar-refractivity contribution in [2.24, 2.45) is 0 Å². The van der Waals surface area contributed by atoms with Gasteiger partial charge in [-0.1, -0.05) is 17.7 Å². The second-order valence-electron chi connectivity index (χ2n) is 6.42. The van der Waals surface area contributed by atoms with Crippen molar-refractivity contribution in [1.29, 1.82) is 0 Å². The lowest BCUT2D eigenvalue weighted by Gasteiger charge is -2.22. The number of nitrogens with one attached hydrogen (secondary N) is 1. The highest BCUT2D eigenvalue weighted by Crippen LogP contribution is 2.21. The molecule has 23 heavy (non-hydrogen) atoms. The van der Waals surface area contributed by atoms with Crippen LogP contribution in [0.5, 0.6) is 0 Å². The molecule has 5 heteroatoms. The molecule has 0 unspecified atom stereocenters. The molecule has 0 aromatic heterocycles. The third-order valence-electron chi connectivity index (χ3n) is 3.75. The summed E-state index contributed by atoms with van der Waals surface area (Å²) in [6.07, 6.45) is 0.850. The fraction of sp³-hybridized carbons (Fsp3) is 0.556. The molecule has 0 aliphatic heterocycles. The summed E-state index contributed by atoms with van der Waals surface area (Å²) in [6, 6.07) is 4.09. The normalized spacial score (nSPS) is 10.7. The van der Waals surface area contributed by atoms with Gasteiger partial charge in [-0.25, -0.2) is 0 Å². The Hall–Kier alpha value is -1.88. The largest absolute Gasteiger partial charge is 0.334 e. The van der Waals surface area contributed by atoms with Gasteiger partial charge in [0.25, 0.3) is 0 Å². The van der Waals surface area contributed by atoms with Gasteiger partial charge >= 0.3 is 0 Å². The van der Waals surface area contributed by atoms with Gasteiger partial charge in [-0.15, -0.1) is 0 Å². The molecule has 1 aromatic carbocycles. The van der Waals surface area contributed by atoms with Gasteiger partial charge in [0.15, 0.2) is 0 Å².